The number of amides is 1. The number of nitrogens with one attached hydrogen (secondary N) is 2. The summed E-state index contributed by atoms with van der Waals surface area (Å²) in [6.45, 7) is 5.81. The molecule has 0 saturated heterocycles. The van der Waals surface area contributed by atoms with Crippen molar-refractivity contribution >= 4 is 11.9 Å². The highest BCUT2D eigenvalue weighted by Gasteiger charge is 2.10. The van der Waals surface area contributed by atoms with Crippen molar-refractivity contribution in [3.8, 4) is 0 Å². The van der Waals surface area contributed by atoms with E-state index >= 15 is 0 Å². The van der Waals surface area contributed by atoms with Gasteiger partial charge in [0.15, 0.2) is 0 Å². The zero-order chi connectivity index (χ0) is 11.1. The summed E-state index contributed by atoms with van der Waals surface area (Å²) in [6, 6.07) is 0.112. The SMILES string of the molecule is CC(C)NC(=O)CNCC(C)C(=O)O. The first-order valence-electron chi connectivity index (χ1n) is 4.66. The number of carboxylic acids is 1. The number of hydrogen-bond acceptors (Lipinski definition) is 3. The van der Waals surface area contributed by atoms with Crippen LogP contribution in [0.5, 0.6) is 0 Å². The molecular weight excluding hydrogens is 184 g/mol. The van der Waals surface area contributed by atoms with Crippen molar-refractivity contribution in [3.63, 3.8) is 0 Å². The fourth-order valence-corrected chi connectivity index (χ4v) is 0.863. The monoisotopic (exact) mass is 202 g/mol. The van der Waals surface area contributed by atoms with Crippen LogP contribution in [0.2, 0.25) is 0 Å². The van der Waals surface area contributed by atoms with E-state index in [2.05, 4.69) is 10.6 Å². The highest BCUT2D eigenvalue weighted by atomic mass is 16.4. The number of carboxylic acid groups (broad SMARTS) is 1. The molecule has 14 heavy (non-hydrogen) atoms. The third-order valence-electron chi connectivity index (χ3n) is 1.61. The molecule has 5 heteroatoms. The molecule has 82 valence electrons. The van der Waals surface area contributed by atoms with Crippen molar-refractivity contribution < 1.29 is 14.7 Å². The Hall–Kier alpha value is -1.10. The topological polar surface area (TPSA) is 78.4 Å². The second-order valence-corrected chi connectivity index (χ2v) is 3.59. The summed E-state index contributed by atoms with van der Waals surface area (Å²) in [5, 5.41) is 14.0. The van der Waals surface area contributed by atoms with Gasteiger partial charge in [0.25, 0.3) is 0 Å². The third kappa shape index (κ3) is 6.42. The number of carbonyl (C=O) groups is 2. The highest BCUT2D eigenvalue weighted by molar-refractivity contribution is 5.78. The lowest BCUT2D eigenvalue weighted by atomic mass is 10.2. The smallest absolute Gasteiger partial charge is 0.307 e. The number of hydrogen-bond donors (Lipinski definition) is 3. The van der Waals surface area contributed by atoms with Crippen LogP contribution in [-0.2, 0) is 9.59 Å². The second-order valence-electron chi connectivity index (χ2n) is 3.59. The molecule has 0 radical (unpaired) electrons. The van der Waals surface area contributed by atoms with Crippen LogP contribution in [-0.4, -0.2) is 36.1 Å². The fourth-order valence-electron chi connectivity index (χ4n) is 0.863. The van der Waals surface area contributed by atoms with Gasteiger partial charge >= 0.3 is 5.97 Å². The van der Waals surface area contributed by atoms with Crippen LogP contribution in [0.15, 0.2) is 0 Å². The zero-order valence-corrected chi connectivity index (χ0v) is 8.83. The summed E-state index contributed by atoms with van der Waals surface area (Å²) < 4.78 is 0. The minimum absolute atomic E-state index is 0.112. The molecule has 1 atom stereocenters. The van der Waals surface area contributed by atoms with Crippen molar-refractivity contribution in [1.29, 1.82) is 0 Å². The van der Waals surface area contributed by atoms with Gasteiger partial charge in [0.1, 0.15) is 0 Å². The molecule has 3 N–H and O–H groups in total. The molecule has 0 aliphatic carbocycles. The van der Waals surface area contributed by atoms with Crippen molar-refractivity contribution in [3.05, 3.63) is 0 Å². The van der Waals surface area contributed by atoms with E-state index in [0.29, 0.717) is 6.54 Å². The van der Waals surface area contributed by atoms with Gasteiger partial charge in [0.2, 0.25) is 5.91 Å². The molecule has 0 saturated carbocycles. The molecule has 0 bridgehead atoms. The highest BCUT2D eigenvalue weighted by Crippen LogP contribution is 1.90. The van der Waals surface area contributed by atoms with E-state index in [-0.39, 0.29) is 18.5 Å². The quantitative estimate of drug-likeness (QED) is 0.558. The van der Waals surface area contributed by atoms with Crippen LogP contribution in [0.4, 0.5) is 0 Å². The van der Waals surface area contributed by atoms with E-state index < -0.39 is 11.9 Å². The van der Waals surface area contributed by atoms with Crippen LogP contribution in [0.1, 0.15) is 20.8 Å². The van der Waals surface area contributed by atoms with E-state index in [4.69, 9.17) is 5.11 Å². The average Bonchev–Trinajstić information content (AvgIpc) is 2.02. The largest absolute Gasteiger partial charge is 0.481 e. The summed E-state index contributed by atoms with van der Waals surface area (Å²) in [6.07, 6.45) is 0. The Labute approximate surface area is 83.9 Å². The van der Waals surface area contributed by atoms with E-state index in [0.717, 1.165) is 0 Å². The normalized spacial score (nSPS) is 12.6. The number of rotatable bonds is 6. The van der Waals surface area contributed by atoms with Crippen molar-refractivity contribution in [2.45, 2.75) is 26.8 Å². The lowest BCUT2D eigenvalue weighted by molar-refractivity contribution is -0.141. The molecule has 0 rings (SSSR count). The predicted molar refractivity (Wildman–Crippen MR) is 52.9 cm³/mol. The van der Waals surface area contributed by atoms with Crippen LogP contribution in [0.25, 0.3) is 0 Å². The van der Waals surface area contributed by atoms with E-state index in [1.165, 1.54) is 0 Å². The Kier molecular flexibility index (Phi) is 5.87. The van der Waals surface area contributed by atoms with Gasteiger partial charge in [-0.05, 0) is 13.8 Å². The second kappa shape index (κ2) is 6.37. The summed E-state index contributed by atoms with van der Waals surface area (Å²) in [5.41, 5.74) is 0. The number of carbonyl (C=O) groups excluding carboxylic acids is 1. The molecule has 0 aliphatic heterocycles. The Balaban J connectivity index is 3.54. The average molecular weight is 202 g/mol. The first-order chi connectivity index (χ1) is 6.43. The third-order valence-corrected chi connectivity index (χ3v) is 1.61. The van der Waals surface area contributed by atoms with Gasteiger partial charge in [0, 0.05) is 12.6 Å². The van der Waals surface area contributed by atoms with E-state index in [9.17, 15) is 9.59 Å². The van der Waals surface area contributed by atoms with Gasteiger partial charge in [-0.25, -0.2) is 0 Å². The Morgan fingerprint density at radius 2 is 1.86 bits per heavy atom. The maximum atomic E-state index is 11.1. The van der Waals surface area contributed by atoms with E-state index in [1.807, 2.05) is 13.8 Å². The lowest BCUT2D eigenvalue weighted by Gasteiger charge is -2.10. The molecule has 0 aliphatic rings. The van der Waals surface area contributed by atoms with Crippen LogP contribution in [0, 0.1) is 5.92 Å². The summed E-state index contributed by atoms with van der Waals surface area (Å²) in [5.74, 6) is -1.44. The molecule has 0 aromatic carbocycles. The molecular formula is C9H18N2O3. The van der Waals surface area contributed by atoms with Crippen molar-refractivity contribution in [2.75, 3.05) is 13.1 Å². The maximum Gasteiger partial charge on any atom is 0.307 e. The predicted octanol–water partition coefficient (Wildman–Crippen LogP) is -0.179. The fraction of sp³-hybridized carbons (Fsp3) is 0.778. The Bertz CT molecular complexity index is 204. The summed E-state index contributed by atoms with van der Waals surface area (Å²) in [4.78, 5) is 21.5. The molecule has 0 aromatic rings. The standard InChI is InChI=1S/C9H18N2O3/c1-6(2)11-8(12)5-10-4-7(3)9(13)14/h6-7,10H,4-5H2,1-3H3,(H,11,12)(H,13,14). The van der Waals surface area contributed by atoms with Gasteiger partial charge in [-0.15, -0.1) is 0 Å². The number of aliphatic carboxylic acids is 1. The zero-order valence-electron chi connectivity index (χ0n) is 8.83. The van der Waals surface area contributed by atoms with Gasteiger partial charge in [-0.2, -0.15) is 0 Å². The van der Waals surface area contributed by atoms with Crippen LogP contribution < -0.4 is 10.6 Å². The van der Waals surface area contributed by atoms with Crippen LogP contribution >= 0.6 is 0 Å². The van der Waals surface area contributed by atoms with Gasteiger partial charge < -0.3 is 15.7 Å². The summed E-state index contributed by atoms with van der Waals surface area (Å²) >= 11 is 0. The minimum atomic E-state index is -0.859. The first-order valence-corrected chi connectivity index (χ1v) is 4.66. The van der Waals surface area contributed by atoms with Crippen molar-refractivity contribution in [1.82, 2.24) is 10.6 Å². The molecule has 1 amide bonds. The molecule has 0 spiro atoms. The van der Waals surface area contributed by atoms with Gasteiger partial charge in [-0.1, -0.05) is 6.92 Å². The molecule has 1 unspecified atom stereocenters. The molecule has 0 heterocycles. The molecule has 0 fully saturated rings. The van der Waals surface area contributed by atoms with E-state index in [1.54, 1.807) is 6.92 Å². The molecule has 0 aromatic heterocycles. The van der Waals surface area contributed by atoms with Crippen molar-refractivity contribution in [2.24, 2.45) is 5.92 Å². The van der Waals surface area contributed by atoms with Gasteiger partial charge in [-0.3, -0.25) is 9.59 Å². The minimum Gasteiger partial charge on any atom is -0.481 e. The maximum absolute atomic E-state index is 11.1. The first kappa shape index (κ1) is 12.9. The Morgan fingerprint density at radius 1 is 1.29 bits per heavy atom. The molecule has 5 nitrogen and oxygen atoms in total. The lowest BCUT2D eigenvalue weighted by Crippen LogP contribution is -2.39. The summed E-state index contributed by atoms with van der Waals surface area (Å²) in [7, 11) is 0. The van der Waals surface area contributed by atoms with Crippen LogP contribution in [0.3, 0.4) is 0 Å². The van der Waals surface area contributed by atoms with Gasteiger partial charge in [0.05, 0.1) is 12.5 Å². The Morgan fingerprint density at radius 3 is 2.29 bits per heavy atom.